The number of amides is 2. The largest absolute Gasteiger partial charge is 0.377 e. The van der Waals surface area contributed by atoms with Crippen molar-refractivity contribution < 1.29 is 9.59 Å². The first-order chi connectivity index (χ1) is 15.1. The van der Waals surface area contributed by atoms with Crippen LogP contribution < -0.4 is 21.3 Å². The number of rotatable bonds is 3. The predicted molar refractivity (Wildman–Crippen MR) is 128 cm³/mol. The maximum atomic E-state index is 12.4. The standard InChI is InChI=1S/C23H22N4O4S/c1-12-8-17-18(27(5)22(30)21(29)26(17)4)11-14(12)15-9-13(6-7-16(15)25(2)3)10-19-20(28)24-23(31)32-19/h6-11H,1-5H3,(H,24,28,31)/b19-10-. The molecular weight excluding hydrogens is 428 g/mol. The Labute approximate surface area is 188 Å². The lowest BCUT2D eigenvalue weighted by Gasteiger charge is -2.21. The molecule has 0 saturated carbocycles. The Bertz CT molecular complexity index is 1460. The van der Waals surface area contributed by atoms with E-state index >= 15 is 0 Å². The summed E-state index contributed by atoms with van der Waals surface area (Å²) in [4.78, 5) is 50.4. The molecule has 1 aliphatic heterocycles. The van der Waals surface area contributed by atoms with E-state index in [2.05, 4.69) is 5.32 Å². The lowest BCUT2D eigenvalue weighted by molar-refractivity contribution is -0.115. The highest BCUT2D eigenvalue weighted by Crippen LogP contribution is 2.36. The van der Waals surface area contributed by atoms with Crippen LogP contribution in [0.15, 0.2) is 44.8 Å². The third-order valence-corrected chi connectivity index (χ3v) is 6.38. The molecule has 0 atom stereocenters. The molecule has 1 aromatic heterocycles. The fourth-order valence-corrected chi connectivity index (χ4v) is 4.52. The molecule has 0 aliphatic carbocycles. The summed E-state index contributed by atoms with van der Waals surface area (Å²) in [6.45, 7) is 1.95. The van der Waals surface area contributed by atoms with Crippen molar-refractivity contribution in [1.82, 2.24) is 14.5 Å². The van der Waals surface area contributed by atoms with E-state index in [1.807, 2.05) is 56.3 Å². The van der Waals surface area contributed by atoms with Crippen molar-refractivity contribution >= 4 is 45.7 Å². The molecule has 9 heteroatoms. The molecule has 2 amide bonds. The molecule has 2 heterocycles. The maximum Gasteiger partial charge on any atom is 0.316 e. The minimum atomic E-state index is -0.588. The zero-order chi connectivity index (χ0) is 23.3. The molecule has 1 saturated heterocycles. The second-order valence-corrected chi connectivity index (χ2v) is 8.92. The summed E-state index contributed by atoms with van der Waals surface area (Å²) in [7, 11) is 7.05. The second kappa shape index (κ2) is 7.83. The molecule has 164 valence electrons. The molecular formula is C23H22N4O4S. The number of thioether (sulfide) groups is 1. The Kier molecular flexibility index (Phi) is 5.29. The summed E-state index contributed by atoms with van der Waals surface area (Å²) in [6.07, 6.45) is 1.68. The summed E-state index contributed by atoms with van der Waals surface area (Å²) in [6, 6.07) is 9.59. The van der Waals surface area contributed by atoms with Crippen LogP contribution in [0, 0.1) is 6.92 Å². The average Bonchev–Trinajstić information content (AvgIpc) is 3.06. The molecule has 1 fully saturated rings. The van der Waals surface area contributed by atoms with Gasteiger partial charge in [0.15, 0.2) is 0 Å². The number of aryl methyl sites for hydroxylation is 3. The molecule has 4 rings (SSSR count). The minimum absolute atomic E-state index is 0.339. The van der Waals surface area contributed by atoms with Crippen LogP contribution in [0.25, 0.3) is 28.2 Å². The quantitative estimate of drug-likeness (QED) is 0.487. The molecule has 32 heavy (non-hydrogen) atoms. The van der Waals surface area contributed by atoms with Crippen molar-refractivity contribution in [3.05, 3.63) is 67.1 Å². The molecule has 1 aliphatic rings. The van der Waals surface area contributed by atoms with Gasteiger partial charge in [-0.05, 0) is 65.7 Å². The number of carbonyl (C=O) groups excluding carboxylic acids is 2. The van der Waals surface area contributed by atoms with Crippen LogP contribution >= 0.6 is 11.8 Å². The summed E-state index contributed by atoms with van der Waals surface area (Å²) >= 11 is 0.873. The number of nitrogens with one attached hydrogen (secondary N) is 1. The third kappa shape index (κ3) is 3.54. The van der Waals surface area contributed by atoms with Crippen LogP contribution in [-0.4, -0.2) is 34.4 Å². The third-order valence-electron chi connectivity index (χ3n) is 5.57. The second-order valence-electron chi connectivity index (χ2n) is 7.91. The first-order valence-corrected chi connectivity index (χ1v) is 10.7. The topological polar surface area (TPSA) is 93.4 Å². The number of imide groups is 1. The van der Waals surface area contributed by atoms with Gasteiger partial charge in [-0.15, -0.1) is 0 Å². The number of fused-ring (bicyclic) bond motifs is 1. The molecule has 3 aromatic rings. The van der Waals surface area contributed by atoms with E-state index in [0.29, 0.717) is 15.9 Å². The number of nitrogens with zero attached hydrogens (tertiary/aromatic N) is 3. The predicted octanol–water partition coefficient (Wildman–Crippen LogP) is 2.60. The van der Waals surface area contributed by atoms with E-state index in [4.69, 9.17) is 0 Å². The van der Waals surface area contributed by atoms with Crippen LogP contribution in [0.2, 0.25) is 0 Å². The minimum Gasteiger partial charge on any atom is -0.377 e. The van der Waals surface area contributed by atoms with Gasteiger partial charge in [-0.25, -0.2) is 0 Å². The van der Waals surface area contributed by atoms with Gasteiger partial charge in [0.1, 0.15) is 0 Å². The van der Waals surface area contributed by atoms with Crippen molar-refractivity contribution in [3.63, 3.8) is 0 Å². The smallest absolute Gasteiger partial charge is 0.316 e. The van der Waals surface area contributed by atoms with E-state index in [1.165, 1.54) is 9.13 Å². The SMILES string of the molecule is Cc1cc2c(cc1-c1cc(/C=C3\SC(=O)NC3=O)ccc1N(C)C)n(C)c(=O)c(=O)n2C. The lowest BCUT2D eigenvalue weighted by atomic mass is 9.95. The van der Waals surface area contributed by atoms with Gasteiger partial charge in [0.2, 0.25) is 0 Å². The molecule has 0 spiro atoms. The maximum absolute atomic E-state index is 12.4. The number of anilines is 1. The van der Waals surface area contributed by atoms with E-state index < -0.39 is 17.0 Å². The Hall–Kier alpha value is -3.59. The lowest BCUT2D eigenvalue weighted by Crippen LogP contribution is -2.39. The molecule has 0 radical (unpaired) electrons. The van der Waals surface area contributed by atoms with Gasteiger partial charge >= 0.3 is 11.1 Å². The molecule has 0 bridgehead atoms. The number of hydrogen-bond donors (Lipinski definition) is 1. The van der Waals surface area contributed by atoms with Gasteiger partial charge in [-0.2, -0.15) is 0 Å². The van der Waals surface area contributed by atoms with Gasteiger partial charge in [-0.1, -0.05) is 6.07 Å². The van der Waals surface area contributed by atoms with E-state index in [1.54, 1.807) is 20.2 Å². The first-order valence-electron chi connectivity index (χ1n) is 9.85. The summed E-state index contributed by atoms with van der Waals surface area (Å²) < 4.78 is 2.74. The fourth-order valence-electron chi connectivity index (χ4n) is 3.84. The highest BCUT2D eigenvalue weighted by molar-refractivity contribution is 8.18. The van der Waals surface area contributed by atoms with Crippen molar-refractivity contribution in [2.24, 2.45) is 14.1 Å². The highest BCUT2D eigenvalue weighted by Gasteiger charge is 2.25. The van der Waals surface area contributed by atoms with E-state index in [9.17, 15) is 19.2 Å². The van der Waals surface area contributed by atoms with Crippen molar-refractivity contribution in [3.8, 4) is 11.1 Å². The molecule has 8 nitrogen and oxygen atoms in total. The molecule has 0 unspecified atom stereocenters. The number of hydrogen-bond acceptors (Lipinski definition) is 6. The number of benzene rings is 2. The van der Waals surface area contributed by atoms with Crippen molar-refractivity contribution in [2.75, 3.05) is 19.0 Å². The summed E-state index contributed by atoms with van der Waals surface area (Å²) in [5, 5.41) is 1.88. The van der Waals surface area contributed by atoms with Crippen LogP contribution in [0.5, 0.6) is 0 Å². The summed E-state index contributed by atoms with van der Waals surface area (Å²) in [5.74, 6) is -0.406. The van der Waals surface area contributed by atoms with Gasteiger partial charge in [0.25, 0.3) is 11.1 Å². The van der Waals surface area contributed by atoms with Crippen molar-refractivity contribution in [2.45, 2.75) is 6.92 Å². The Morgan fingerprint density at radius 1 is 0.906 bits per heavy atom. The first kappa shape index (κ1) is 21.6. The number of aromatic nitrogens is 2. The van der Waals surface area contributed by atoms with Gasteiger partial charge < -0.3 is 14.0 Å². The van der Waals surface area contributed by atoms with Gasteiger partial charge in [0, 0.05) is 39.4 Å². The van der Waals surface area contributed by atoms with E-state index in [0.717, 1.165) is 39.7 Å². The number of carbonyl (C=O) groups is 2. The zero-order valence-corrected chi connectivity index (χ0v) is 19.2. The van der Waals surface area contributed by atoms with Crippen LogP contribution in [-0.2, 0) is 18.9 Å². The van der Waals surface area contributed by atoms with Crippen molar-refractivity contribution in [1.29, 1.82) is 0 Å². The van der Waals surface area contributed by atoms with Crippen LogP contribution in [0.4, 0.5) is 10.5 Å². The molecule has 1 N–H and O–H groups in total. The molecule has 2 aromatic carbocycles. The fraction of sp³-hybridized carbons (Fsp3) is 0.217. The Morgan fingerprint density at radius 3 is 2.09 bits per heavy atom. The average molecular weight is 451 g/mol. The van der Waals surface area contributed by atoms with Gasteiger partial charge in [0.05, 0.1) is 15.9 Å². The Balaban J connectivity index is 1.98. The van der Waals surface area contributed by atoms with Gasteiger partial charge in [-0.3, -0.25) is 24.5 Å². The van der Waals surface area contributed by atoms with Crippen LogP contribution in [0.1, 0.15) is 11.1 Å². The van der Waals surface area contributed by atoms with E-state index in [-0.39, 0.29) is 5.24 Å². The monoisotopic (exact) mass is 450 g/mol. The zero-order valence-electron chi connectivity index (χ0n) is 18.3. The normalized spacial score (nSPS) is 15.0. The van der Waals surface area contributed by atoms with Crippen LogP contribution in [0.3, 0.4) is 0 Å². The summed E-state index contributed by atoms with van der Waals surface area (Å²) in [5.41, 5.74) is 4.60. The highest BCUT2D eigenvalue weighted by atomic mass is 32.2. The Morgan fingerprint density at radius 2 is 1.53 bits per heavy atom.